The summed E-state index contributed by atoms with van der Waals surface area (Å²) in [6.07, 6.45) is 3.89. The summed E-state index contributed by atoms with van der Waals surface area (Å²) in [6, 6.07) is 2.55. The third-order valence-corrected chi connectivity index (χ3v) is 1.76. The highest BCUT2D eigenvalue weighted by atomic mass is 19.1. The van der Waals surface area contributed by atoms with Crippen LogP contribution in [0.3, 0.4) is 0 Å². The van der Waals surface area contributed by atoms with Gasteiger partial charge in [-0.25, -0.2) is 4.39 Å². The Morgan fingerprint density at radius 2 is 2.14 bits per heavy atom. The molecular formula is C10H9BFNO. The number of rotatable bonds is 3. The van der Waals surface area contributed by atoms with Crippen molar-refractivity contribution in [3.63, 3.8) is 0 Å². The van der Waals surface area contributed by atoms with Crippen LogP contribution in [0.5, 0.6) is 0 Å². The van der Waals surface area contributed by atoms with Gasteiger partial charge in [-0.05, 0) is 23.9 Å². The van der Waals surface area contributed by atoms with Crippen LogP contribution in [0.4, 0.5) is 4.39 Å². The standard InChI is InChI=1S/C10H9BFNO/c1-13-3-2-7-4-9(11)10(12)5-8(7)6-14/h2-6,13H,1H3/b3-2-. The third-order valence-electron chi connectivity index (χ3n) is 1.76. The maximum Gasteiger partial charge on any atom is 0.150 e. The van der Waals surface area contributed by atoms with Crippen LogP contribution in [-0.2, 0) is 0 Å². The lowest BCUT2D eigenvalue weighted by atomic mass is 9.91. The zero-order valence-corrected chi connectivity index (χ0v) is 7.75. The number of nitrogens with one attached hydrogen (secondary N) is 1. The van der Waals surface area contributed by atoms with Gasteiger partial charge in [-0.1, -0.05) is 11.5 Å². The Kier molecular flexibility index (Phi) is 3.45. The van der Waals surface area contributed by atoms with E-state index in [4.69, 9.17) is 7.85 Å². The molecule has 2 radical (unpaired) electrons. The second kappa shape index (κ2) is 4.60. The summed E-state index contributed by atoms with van der Waals surface area (Å²) in [6.45, 7) is 0. The van der Waals surface area contributed by atoms with E-state index in [1.54, 1.807) is 19.3 Å². The smallest absolute Gasteiger partial charge is 0.150 e. The maximum atomic E-state index is 12.9. The van der Waals surface area contributed by atoms with Gasteiger partial charge in [-0.15, -0.1) is 0 Å². The van der Waals surface area contributed by atoms with Crippen molar-refractivity contribution in [3.05, 3.63) is 35.3 Å². The highest BCUT2D eigenvalue weighted by molar-refractivity contribution is 6.32. The fourth-order valence-corrected chi connectivity index (χ4v) is 1.04. The lowest BCUT2D eigenvalue weighted by Crippen LogP contribution is -2.10. The second-order valence-corrected chi connectivity index (χ2v) is 2.74. The van der Waals surface area contributed by atoms with Crippen molar-refractivity contribution in [2.24, 2.45) is 0 Å². The van der Waals surface area contributed by atoms with E-state index in [1.807, 2.05) is 0 Å². The van der Waals surface area contributed by atoms with E-state index >= 15 is 0 Å². The first kappa shape index (κ1) is 10.5. The molecule has 0 fully saturated rings. The van der Waals surface area contributed by atoms with Gasteiger partial charge in [-0.2, -0.15) is 0 Å². The van der Waals surface area contributed by atoms with Crippen LogP contribution >= 0.6 is 0 Å². The van der Waals surface area contributed by atoms with Crippen molar-refractivity contribution >= 4 is 25.7 Å². The molecule has 0 amide bonds. The Bertz CT molecular complexity index is 377. The van der Waals surface area contributed by atoms with Crippen molar-refractivity contribution in [3.8, 4) is 0 Å². The minimum Gasteiger partial charge on any atom is -0.394 e. The summed E-state index contributed by atoms with van der Waals surface area (Å²) in [4.78, 5) is 10.6. The zero-order valence-electron chi connectivity index (χ0n) is 7.75. The SMILES string of the molecule is [B]c1cc(/C=C\NC)c(C=O)cc1F. The highest BCUT2D eigenvalue weighted by Gasteiger charge is 2.03. The van der Waals surface area contributed by atoms with Crippen LogP contribution in [0.15, 0.2) is 18.3 Å². The van der Waals surface area contributed by atoms with Gasteiger partial charge in [0.25, 0.3) is 0 Å². The molecule has 1 N–H and O–H groups in total. The van der Waals surface area contributed by atoms with Gasteiger partial charge in [0.15, 0.2) is 6.29 Å². The van der Waals surface area contributed by atoms with Gasteiger partial charge in [-0.3, -0.25) is 4.79 Å². The van der Waals surface area contributed by atoms with Gasteiger partial charge in [0.05, 0.1) is 0 Å². The van der Waals surface area contributed by atoms with Crippen LogP contribution in [0.1, 0.15) is 15.9 Å². The maximum absolute atomic E-state index is 12.9. The Morgan fingerprint density at radius 1 is 1.43 bits per heavy atom. The van der Waals surface area contributed by atoms with E-state index in [9.17, 15) is 9.18 Å². The van der Waals surface area contributed by atoms with E-state index in [0.717, 1.165) is 6.07 Å². The predicted octanol–water partition coefficient (Wildman–Crippen LogP) is 0.622. The first-order valence-corrected chi connectivity index (χ1v) is 4.07. The van der Waals surface area contributed by atoms with Crippen molar-refractivity contribution in [2.45, 2.75) is 0 Å². The van der Waals surface area contributed by atoms with Gasteiger partial charge < -0.3 is 5.32 Å². The van der Waals surface area contributed by atoms with Crippen LogP contribution in [0.2, 0.25) is 0 Å². The van der Waals surface area contributed by atoms with E-state index in [1.165, 1.54) is 6.07 Å². The number of aldehydes is 1. The van der Waals surface area contributed by atoms with Crippen LogP contribution in [0, 0.1) is 5.82 Å². The van der Waals surface area contributed by atoms with Gasteiger partial charge in [0, 0.05) is 12.6 Å². The lowest BCUT2D eigenvalue weighted by molar-refractivity contribution is 0.112. The van der Waals surface area contributed by atoms with Gasteiger partial charge in [0.1, 0.15) is 13.7 Å². The Balaban J connectivity index is 3.20. The first-order valence-electron chi connectivity index (χ1n) is 4.07. The van der Waals surface area contributed by atoms with E-state index in [0.29, 0.717) is 11.8 Å². The van der Waals surface area contributed by atoms with E-state index in [2.05, 4.69) is 5.32 Å². The summed E-state index contributed by atoms with van der Waals surface area (Å²) in [5.74, 6) is -0.575. The summed E-state index contributed by atoms with van der Waals surface area (Å²) in [5, 5.41) is 2.77. The topological polar surface area (TPSA) is 29.1 Å². The van der Waals surface area contributed by atoms with Crippen molar-refractivity contribution in [2.75, 3.05) is 7.05 Å². The monoisotopic (exact) mass is 189 g/mol. The quantitative estimate of drug-likeness (QED) is 0.557. The molecule has 0 aliphatic rings. The second-order valence-electron chi connectivity index (χ2n) is 2.74. The van der Waals surface area contributed by atoms with Gasteiger partial charge >= 0.3 is 0 Å². The molecular weight excluding hydrogens is 180 g/mol. The number of benzene rings is 1. The molecule has 0 aliphatic carbocycles. The van der Waals surface area contributed by atoms with E-state index < -0.39 is 5.82 Å². The summed E-state index contributed by atoms with van der Waals surface area (Å²) in [5.41, 5.74) is 0.905. The largest absolute Gasteiger partial charge is 0.394 e. The summed E-state index contributed by atoms with van der Waals surface area (Å²) in [7, 11) is 7.10. The molecule has 0 heterocycles. The van der Waals surface area contributed by atoms with Crippen molar-refractivity contribution in [1.82, 2.24) is 5.32 Å². The number of hydrogen-bond acceptors (Lipinski definition) is 2. The zero-order chi connectivity index (χ0) is 10.6. The average molecular weight is 189 g/mol. The molecule has 1 aromatic rings. The third kappa shape index (κ3) is 2.22. The van der Waals surface area contributed by atoms with Crippen LogP contribution < -0.4 is 10.8 Å². The molecule has 0 unspecified atom stereocenters. The minimum absolute atomic E-state index is 0.0337. The Hall–Kier alpha value is -1.58. The molecule has 14 heavy (non-hydrogen) atoms. The molecule has 0 spiro atoms. The van der Waals surface area contributed by atoms with Crippen LogP contribution in [0.25, 0.3) is 6.08 Å². The molecule has 1 rings (SSSR count). The molecule has 1 aromatic carbocycles. The van der Waals surface area contributed by atoms with E-state index in [-0.39, 0.29) is 11.0 Å². The molecule has 0 saturated heterocycles. The number of hydrogen-bond donors (Lipinski definition) is 1. The van der Waals surface area contributed by atoms with Crippen LogP contribution in [-0.4, -0.2) is 21.2 Å². The molecule has 0 atom stereocenters. The molecule has 0 bridgehead atoms. The Labute approximate surface area is 83.2 Å². The fourth-order valence-electron chi connectivity index (χ4n) is 1.04. The molecule has 0 saturated carbocycles. The number of halogens is 1. The predicted molar refractivity (Wildman–Crippen MR) is 55.3 cm³/mol. The fraction of sp³-hybridized carbons (Fsp3) is 0.100. The normalized spacial score (nSPS) is 10.4. The molecule has 4 heteroatoms. The molecule has 70 valence electrons. The Morgan fingerprint density at radius 3 is 2.71 bits per heavy atom. The number of carbonyl (C=O) groups excluding carboxylic acids is 1. The van der Waals surface area contributed by atoms with Crippen molar-refractivity contribution < 1.29 is 9.18 Å². The highest BCUT2D eigenvalue weighted by Crippen LogP contribution is 2.08. The number of carbonyl (C=O) groups is 1. The molecule has 0 aliphatic heterocycles. The summed E-state index contributed by atoms with van der Waals surface area (Å²) >= 11 is 0. The average Bonchev–Trinajstić information content (AvgIpc) is 2.19. The minimum atomic E-state index is -0.575. The molecule has 2 nitrogen and oxygen atoms in total. The van der Waals surface area contributed by atoms with Gasteiger partial charge in [0.2, 0.25) is 0 Å². The summed E-state index contributed by atoms with van der Waals surface area (Å²) < 4.78 is 12.9. The molecule has 0 aromatic heterocycles. The van der Waals surface area contributed by atoms with Crippen molar-refractivity contribution in [1.29, 1.82) is 0 Å². The first-order chi connectivity index (χ1) is 6.69. The lowest BCUT2D eigenvalue weighted by Gasteiger charge is -2.02.